The van der Waals surface area contributed by atoms with Gasteiger partial charge in [0.1, 0.15) is 5.75 Å². The lowest BCUT2D eigenvalue weighted by atomic mass is 10.2. The van der Waals surface area contributed by atoms with Crippen molar-refractivity contribution in [3.8, 4) is 5.75 Å². The van der Waals surface area contributed by atoms with E-state index in [0.717, 1.165) is 0 Å². The number of ether oxygens (including phenoxy) is 1. The number of hydrogen-bond acceptors (Lipinski definition) is 5. The van der Waals surface area contributed by atoms with E-state index >= 15 is 0 Å². The molecule has 20 heavy (non-hydrogen) atoms. The third kappa shape index (κ3) is 5.37. The molecule has 2 amide bonds. The molecular weight excluding hydrogens is 330 g/mol. The van der Waals surface area contributed by atoms with Crippen molar-refractivity contribution in [3.63, 3.8) is 0 Å². The maximum atomic E-state index is 11.3. The molecule has 0 heterocycles. The number of benzene rings is 1. The van der Waals surface area contributed by atoms with Crippen LogP contribution in [0.1, 0.15) is 5.56 Å². The third-order valence-corrected chi connectivity index (χ3v) is 2.78. The van der Waals surface area contributed by atoms with Gasteiger partial charge in [-0.05, 0) is 39.7 Å². The number of methoxy groups -OCH3 is 1. The van der Waals surface area contributed by atoms with Crippen molar-refractivity contribution in [3.05, 3.63) is 28.2 Å². The van der Waals surface area contributed by atoms with Gasteiger partial charge in [0, 0.05) is 13.7 Å². The minimum atomic E-state index is -0.866. The van der Waals surface area contributed by atoms with E-state index < -0.39 is 11.8 Å². The summed E-state index contributed by atoms with van der Waals surface area (Å²) in [4.78, 5) is 22.6. The van der Waals surface area contributed by atoms with E-state index in [1.165, 1.54) is 19.4 Å². The summed E-state index contributed by atoms with van der Waals surface area (Å²) < 4.78 is 5.24. The first kappa shape index (κ1) is 16.1. The summed E-state index contributed by atoms with van der Waals surface area (Å²) in [6.45, 7) is 0.571. The molecule has 0 bridgehead atoms. The minimum Gasteiger partial charge on any atom is -0.507 e. The zero-order chi connectivity index (χ0) is 15.0. The van der Waals surface area contributed by atoms with E-state index in [4.69, 9.17) is 4.74 Å². The van der Waals surface area contributed by atoms with E-state index in [2.05, 4.69) is 31.8 Å². The Morgan fingerprint density at radius 3 is 2.85 bits per heavy atom. The molecule has 3 N–H and O–H groups in total. The average Bonchev–Trinajstić information content (AvgIpc) is 2.42. The zero-order valence-corrected chi connectivity index (χ0v) is 12.3. The highest BCUT2D eigenvalue weighted by atomic mass is 79.9. The van der Waals surface area contributed by atoms with E-state index in [0.29, 0.717) is 16.6 Å². The highest BCUT2D eigenvalue weighted by molar-refractivity contribution is 9.10. The highest BCUT2D eigenvalue weighted by Crippen LogP contribution is 2.23. The van der Waals surface area contributed by atoms with Crippen LogP contribution in [0, 0.1) is 0 Å². The Labute approximate surface area is 124 Å². The van der Waals surface area contributed by atoms with Gasteiger partial charge in [-0.2, -0.15) is 5.10 Å². The van der Waals surface area contributed by atoms with Crippen LogP contribution in [0.25, 0.3) is 0 Å². The number of phenols is 1. The lowest BCUT2D eigenvalue weighted by Gasteiger charge is -2.02. The van der Waals surface area contributed by atoms with E-state index in [1.54, 1.807) is 12.1 Å². The van der Waals surface area contributed by atoms with Crippen molar-refractivity contribution < 1.29 is 19.4 Å². The van der Waals surface area contributed by atoms with E-state index in [1.807, 2.05) is 0 Å². The van der Waals surface area contributed by atoms with E-state index in [9.17, 15) is 14.7 Å². The molecule has 0 aliphatic carbocycles. The SMILES string of the molecule is COCCNC(=O)C(=O)N/N=C/c1ccc(O)c(Br)c1. The molecule has 1 aromatic rings. The maximum absolute atomic E-state index is 11.3. The normalized spacial score (nSPS) is 10.5. The van der Waals surface area contributed by atoms with Crippen molar-refractivity contribution in [2.24, 2.45) is 5.10 Å². The number of carbonyl (C=O) groups is 2. The number of rotatable bonds is 5. The van der Waals surface area contributed by atoms with Gasteiger partial charge in [0.15, 0.2) is 0 Å². The van der Waals surface area contributed by atoms with Crippen molar-refractivity contribution in [2.75, 3.05) is 20.3 Å². The summed E-state index contributed by atoms with van der Waals surface area (Å²) in [5.74, 6) is -1.55. The molecule has 0 aliphatic rings. The monoisotopic (exact) mass is 343 g/mol. The van der Waals surface area contributed by atoms with E-state index in [-0.39, 0.29) is 12.3 Å². The molecule has 0 spiro atoms. The van der Waals surface area contributed by atoms with Crippen LogP contribution in [0.3, 0.4) is 0 Å². The Kier molecular flexibility index (Phi) is 6.68. The van der Waals surface area contributed by atoms with Gasteiger partial charge in [0.05, 0.1) is 17.3 Å². The zero-order valence-electron chi connectivity index (χ0n) is 10.7. The van der Waals surface area contributed by atoms with Gasteiger partial charge in [-0.15, -0.1) is 0 Å². The Bertz CT molecular complexity index is 519. The number of aromatic hydroxyl groups is 1. The first-order valence-electron chi connectivity index (χ1n) is 5.63. The van der Waals surface area contributed by atoms with Gasteiger partial charge >= 0.3 is 11.8 Å². The molecule has 108 valence electrons. The molecule has 0 unspecified atom stereocenters. The van der Waals surface area contributed by atoms with Crippen LogP contribution in [-0.2, 0) is 14.3 Å². The van der Waals surface area contributed by atoms with Gasteiger partial charge in [0.2, 0.25) is 0 Å². The summed E-state index contributed by atoms with van der Waals surface area (Å²) in [5, 5.41) is 15.3. The lowest BCUT2D eigenvalue weighted by Crippen LogP contribution is -2.39. The third-order valence-electron chi connectivity index (χ3n) is 2.15. The second kappa shape index (κ2) is 8.28. The fraction of sp³-hybridized carbons (Fsp3) is 0.250. The number of amides is 2. The Morgan fingerprint density at radius 1 is 1.45 bits per heavy atom. The molecule has 0 atom stereocenters. The molecule has 1 rings (SSSR count). The molecule has 1 aromatic carbocycles. The Hall–Kier alpha value is -1.93. The highest BCUT2D eigenvalue weighted by Gasteiger charge is 2.11. The van der Waals surface area contributed by atoms with Gasteiger partial charge in [0.25, 0.3) is 0 Å². The number of carbonyl (C=O) groups excluding carboxylic acids is 2. The second-order valence-electron chi connectivity index (χ2n) is 3.66. The summed E-state index contributed by atoms with van der Waals surface area (Å²) in [6.07, 6.45) is 1.35. The van der Waals surface area contributed by atoms with Crippen LogP contribution in [0.15, 0.2) is 27.8 Å². The van der Waals surface area contributed by atoms with Crippen LogP contribution in [0.2, 0.25) is 0 Å². The molecule has 8 heteroatoms. The number of hydrazone groups is 1. The predicted octanol–water partition coefficient (Wildman–Crippen LogP) is 0.367. The number of phenolic OH excluding ortho intramolecular Hbond substituents is 1. The van der Waals surface area contributed by atoms with Crippen molar-refractivity contribution >= 4 is 34.0 Å². The molecule has 0 aliphatic heterocycles. The maximum Gasteiger partial charge on any atom is 0.329 e. The van der Waals surface area contributed by atoms with Gasteiger partial charge in [-0.3, -0.25) is 9.59 Å². The van der Waals surface area contributed by atoms with Gasteiger partial charge in [-0.1, -0.05) is 0 Å². The van der Waals surface area contributed by atoms with Crippen LogP contribution in [0.4, 0.5) is 0 Å². The second-order valence-corrected chi connectivity index (χ2v) is 4.51. The lowest BCUT2D eigenvalue weighted by molar-refractivity contribution is -0.139. The van der Waals surface area contributed by atoms with Crippen molar-refractivity contribution in [1.82, 2.24) is 10.7 Å². The molecule has 0 aromatic heterocycles. The fourth-order valence-electron chi connectivity index (χ4n) is 1.17. The summed E-state index contributed by atoms with van der Waals surface area (Å²) >= 11 is 3.15. The first-order valence-corrected chi connectivity index (χ1v) is 6.42. The number of nitrogens with one attached hydrogen (secondary N) is 2. The topological polar surface area (TPSA) is 100 Å². The number of halogens is 1. The Morgan fingerprint density at radius 2 is 2.20 bits per heavy atom. The molecule has 0 saturated carbocycles. The first-order chi connectivity index (χ1) is 9.54. The summed E-state index contributed by atoms with van der Waals surface area (Å²) in [5.41, 5.74) is 2.74. The summed E-state index contributed by atoms with van der Waals surface area (Å²) in [6, 6.07) is 4.70. The van der Waals surface area contributed by atoms with Crippen LogP contribution < -0.4 is 10.7 Å². The number of hydrogen-bond donors (Lipinski definition) is 3. The largest absolute Gasteiger partial charge is 0.507 e. The molecular formula is C12H14BrN3O4. The summed E-state index contributed by atoms with van der Waals surface area (Å²) in [7, 11) is 1.49. The smallest absolute Gasteiger partial charge is 0.329 e. The molecule has 0 radical (unpaired) electrons. The quantitative estimate of drug-likeness (QED) is 0.311. The van der Waals surface area contributed by atoms with Crippen LogP contribution in [0.5, 0.6) is 5.75 Å². The van der Waals surface area contributed by atoms with Gasteiger partial charge < -0.3 is 15.2 Å². The minimum absolute atomic E-state index is 0.101. The van der Waals surface area contributed by atoms with Crippen LogP contribution in [-0.4, -0.2) is 43.4 Å². The molecule has 0 fully saturated rings. The molecule has 7 nitrogen and oxygen atoms in total. The predicted molar refractivity (Wildman–Crippen MR) is 76.4 cm³/mol. The Balaban J connectivity index is 2.45. The fourth-order valence-corrected chi connectivity index (χ4v) is 1.56. The van der Waals surface area contributed by atoms with Crippen LogP contribution >= 0.6 is 15.9 Å². The number of nitrogens with zero attached hydrogens (tertiary/aromatic N) is 1. The van der Waals surface area contributed by atoms with Crippen molar-refractivity contribution in [1.29, 1.82) is 0 Å². The molecule has 0 saturated heterocycles. The van der Waals surface area contributed by atoms with Crippen molar-refractivity contribution in [2.45, 2.75) is 0 Å². The standard InChI is InChI=1S/C12H14BrN3O4/c1-20-5-4-14-11(18)12(19)16-15-7-8-2-3-10(17)9(13)6-8/h2-3,6-7,17H,4-5H2,1H3,(H,14,18)(H,16,19)/b15-7+. The average molecular weight is 344 g/mol. The van der Waals surface area contributed by atoms with Gasteiger partial charge in [-0.25, -0.2) is 5.43 Å².